The second kappa shape index (κ2) is 10.2. The largest absolute Gasteiger partial charge is 0.443 e. The maximum atomic E-state index is 12.4. The summed E-state index contributed by atoms with van der Waals surface area (Å²) in [5.41, 5.74) is 1.31. The molecular weight excluding hydrogens is 438 g/mol. The van der Waals surface area contributed by atoms with Crippen LogP contribution in [0.15, 0.2) is 84.9 Å². The van der Waals surface area contributed by atoms with Gasteiger partial charge in [-0.1, -0.05) is 93.6 Å². The summed E-state index contributed by atoms with van der Waals surface area (Å²) in [4.78, 5) is 13.9. The maximum Gasteiger partial charge on any atom is 0.414 e. The summed E-state index contributed by atoms with van der Waals surface area (Å²) in [5.74, 6) is 0. The molecule has 0 unspecified atom stereocenters. The third-order valence-electron chi connectivity index (χ3n) is 5.86. The molecule has 1 amide bonds. The molecule has 0 atom stereocenters. The normalized spacial score (nSPS) is 12.3. The van der Waals surface area contributed by atoms with E-state index in [9.17, 15) is 4.79 Å². The molecule has 0 N–H and O–H groups in total. The Balaban J connectivity index is 1.89. The molecule has 0 heterocycles. The van der Waals surface area contributed by atoms with Gasteiger partial charge in [0.2, 0.25) is 0 Å². The van der Waals surface area contributed by atoms with Gasteiger partial charge in [-0.2, -0.15) is 0 Å². The number of anilines is 1. The van der Waals surface area contributed by atoms with Gasteiger partial charge in [-0.15, -0.1) is 0 Å². The zero-order chi connectivity index (χ0) is 25.0. The van der Waals surface area contributed by atoms with Crippen molar-refractivity contribution in [2.75, 3.05) is 11.9 Å². The predicted molar refractivity (Wildman–Crippen MR) is 143 cm³/mol. The minimum Gasteiger partial charge on any atom is -0.443 e. The van der Waals surface area contributed by atoms with Crippen LogP contribution in [-0.4, -0.2) is 27.1 Å². The van der Waals surface area contributed by atoms with E-state index in [0.29, 0.717) is 6.61 Å². The van der Waals surface area contributed by atoms with Gasteiger partial charge in [-0.05, 0) is 53.9 Å². The Bertz CT molecular complexity index is 1030. The summed E-state index contributed by atoms with van der Waals surface area (Å²) < 4.78 is 12.5. The molecule has 0 saturated carbocycles. The summed E-state index contributed by atoms with van der Waals surface area (Å²) in [6, 6.07) is 29.2. The molecule has 0 aliphatic heterocycles. The van der Waals surface area contributed by atoms with Crippen LogP contribution in [0.25, 0.3) is 0 Å². The van der Waals surface area contributed by atoms with Crippen molar-refractivity contribution in [1.29, 1.82) is 0 Å². The molecule has 0 spiro atoms. The van der Waals surface area contributed by atoms with Crippen molar-refractivity contribution in [3.05, 3.63) is 90.5 Å². The van der Waals surface area contributed by atoms with E-state index in [1.54, 1.807) is 7.05 Å². The first kappa shape index (κ1) is 25.7. The highest BCUT2D eigenvalue weighted by Gasteiger charge is 2.50. The molecule has 3 rings (SSSR count). The number of carbonyl (C=O) groups is 1. The number of hydrogen-bond donors (Lipinski definition) is 0. The zero-order valence-corrected chi connectivity index (χ0v) is 22.5. The van der Waals surface area contributed by atoms with Crippen LogP contribution in [0.1, 0.15) is 47.1 Å². The van der Waals surface area contributed by atoms with Crippen LogP contribution in [-0.2, 0) is 15.8 Å². The smallest absolute Gasteiger partial charge is 0.414 e. The third kappa shape index (κ3) is 5.77. The van der Waals surface area contributed by atoms with Crippen LogP contribution in [0.3, 0.4) is 0 Å². The van der Waals surface area contributed by atoms with Gasteiger partial charge in [0.05, 0.1) is 6.61 Å². The van der Waals surface area contributed by atoms with Crippen LogP contribution in [0.5, 0.6) is 0 Å². The first-order valence-electron chi connectivity index (χ1n) is 11.7. The van der Waals surface area contributed by atoms with Gasteiger partial charge >= 0.3 is 6.09 Å². The third-order valence-corrected chi connectivity index (χ3v) is 10.8. The Morgan fingerprint density at radius 3 is 1.65 bits per heavy atom. The van der Waals surface area contributed by atoms with E-state index in [1.165, 1.54) is 15.3 Å². The average Bonchev–Trinajstić information content (AvgIpc) is 2.79. The van der Waals surface area contributed by atoms with Gasteiger partial charge in [0.25, 0.3) is 8.32 Å². The van der Waals surface area contributed by atoms with Crippen molar-refractivity contribution in [2.45, 2.75) is 58.8 Å². The first-order chi connectivity index (χ1) is 15.9. The summed E-state index contributed by atoms with van der Waals surface area (Å²) in [6.07, 6.45) is -0.371. The van der Waals surface area contributed by atoms with Crippen molar-refractivity contribution < 1.29 is 14.0 Å². The van der Waals surface area contributed by atoms with Crippen LogP contribution < -0.4 is 15.3 Å². The molecule has 0 aliphatic carbocycles. The second-order valence-electron chi connectivity index (χ2n) is 10.7. The molecule has 0 bridgehead atoms. The van der Waals surface area contributed by atoms with Crippen LogP contribution in [0, 0.1) is 0 Å². The van der Waals surface area contributed by atoms with Gasteiger partial charge in [0, 0.05) is 12.7 Å². The van der Waals surface area contributed by atoms with Gasteiger partial charge in [0.15, 0.2) is 0 Å². The lowest BCUT2D eigenvalue weighted by atomic mass is 10.2. The van der Waals surface area contributed by atoms with E-state index in [-0.39, 0.29) is 11.1 Å². The molecule has 34 heavy (non-hydrogen) atoms. The highest BCUT2D eigenvalue weighted by Crippen LogP contribution is 2.37. The van der Waals surface area contributed by atoms with E-state index in [1.807, 2.05) is 45.0 Å². The molecular formula is C29H37NO3Si. The molecule has 5 heteroatoms. The Labute approximate surface area is 205 Å². The highest BCUT2D eigenvalue weighted by molar-refractivity contribution is 6.99. The second-order valence-corrected chi connectivity index (χ2v) is 15.0. The summed E-state index contributed by atoms with van der Waals surface area (Å²) in [7, 11) is -0.873. The lowest BCUT2D eigenvalue weighted by Crippen LogP contribution is -2.66. The van der Waals surface area contributed by atoms with Crippen molar-refractivity contribution in [1.82, 2.24) is 0 Å². The zero-order valence-electron chi connectivity index (χ0n) is 21.5. The fourth-order valence-electron chi connectivity index (χ4n) is 4.20. The fraction of sp³-hybridized carbons (Fsp3) is 0.345. The Kier molecular flexibility index (Phi) is 7.69. The Morgan fingerprint density at radius 2 is 1.24 bits per heavy atom. The molecule has 0 radical (unpaired) electrons. The van der Waals surface area contributed by atoms with Gasteiger partial charge in [-0.25, -0.2) is 4.79 Å². The molecule has 3 aromatic carbocycles. The van der Waals surface area contributed by atoms with Crippen molar-refractivity contribution >= 4 is 30.5 Å². The van der Waals surface area contributed by atoms with E-state index < -0.39 is 13.9 Å². The number of nitrogens with zero attached hydrogens (tertiary/aromatic N) is 1. The van der Waals surface area contributed by atoms with Gasteiger partial charge in [0.1, 0.15) is 5.60 Å². The van der Waals surface area contributed by atoms with E-state index in [4.69, 9.17) is 9.16 Å². The van der Waals surface area contributed by atoms with Crippen LogP contribution in [0.2, 0.25) is 5.04 Å². The lowest BCUT2D eigenvalue weighted by molar-refractivity contribution is 0.0589. The average molecular weight is 476 g/mol. The van der Waals surface area contributed by atoms with Crippen molar-refractivity contribution in [2.24, 2.45) is 0 Å². The number of amides is 1. The van der Waals surface area contributed by atoms with Gasteiger partial charge in [-0.3, -0.25) is 4.90 Å². The Morgan fingerprint density at radius 1 is 0.765 bits per heavy atom. The molecule has 3 aromatic rings. The topological polar surface area (TPSA) is 38.8 Å². The summed E-state index contributed by atoms with van der Waals surface area (Å²) in [5, 5.41) is 2.44. The number of hydrogen-bond acceptors (Lipinski definition) is 3. The molecule has 180 valence electrons. The molecule has 0 aliphatic rings. The number of benzene rings is 3. The maximum absolute atomic E-state index is 12.4. The highest BCUT2D eigenvalue weighted by atomic mass is 28.4. The van der Waals surface area contributed by atoms with Gasteiger partial charge < -0.3 is 9.16 Å². The number of carbonyl (C=O) groups excluding carboxylic acids is 1. The molecule has 0 saturated heterocycles. The molecule has 4 nitrogen and oxygen atoms in total. The van der Waals surface area contributed by atoms with Crippen molar-refractivity contribution in [3.8, 4) is 0 Å². The first-order valence-corrected chi connectivity index (χ1v) is 13.7. The number of ether oxygens (including phenoxy) is 1. The van der Waals surface area contributed by atoms with Crippen LogP contribution >= 0.6 is 0 Å². The standard InChI is InChI=1S/C29H37NO3Si/c1-28(2,3)33-27(31)30(7)24-20-18-23(19-21-24)22-32-34(29(4,5)6,25-14-10-8-11-15-25)26-16-12-9-13-17-26/h8-21H,22H2,1-7H3. The molecule has 0 fully saturated rings. The van der Waals surface area contributed by atoms with E-state index in [0.717, 1.165) is 11.3 Å². The lowest BCUT2D eigenvalue weighted by Gasteiger charge is -2.43. The predicted octanol–water partition coefficient (Wildman–Crippen LogP) is 6.13. The summed E-state index contributed by atoms with van der Waals surface area (Å²) >= 11 is 0. The fourth-order valence-corrected chi connectivity index (χ4v) is 8.74. The summed E-state index contributed by atoms with van der Waals surface area (Å²) in [6.45, 7) is 12.9. The van der Waals surface area contributed by atoms with E-state index in [2.05, 4.69) is 81.4 Å². The Hall–Kier alpha value is -2.89. The van der Waals surface area contributed by atoms with Crippen LogP contribution in [0.4, 0.5) is 10.5 Å². The molecule has 0 aromatic heterocycles. The SMILES string of the molecule is CN(C(=O)OC(C)(C)C)c1ccc(CO[Si](c2ccccc2)(c2ccccc2)C(C)(C)C)cc1. The van der Waals surface area contributed by atoms with Crippen molar-refractivity contribution in [3.63, 3.8) is 0 Å². The minimum absolute atomic E-state index is 0.0768. The quantitative estimate of drug-likeness (QED) is 0.402. The number of rotatable bonds is 6. The van der Waals surface area contributed by atoms with E-state index >= 15 is 0 Å². The monoisotopic (exact) mass is 475 g/mol. The minimum atomic E-state index is -2.60.